The van der Waals surface area contributed by atoms with E-state index in [1.807, 2.05) is 29.6 Å². The summed E-state index contributed by atoms with van der Waals surface area (Å²) in [6.07, 6.45) is 4.86. The SMILES string of the molecule is Cc1ccc(OCc2nc(Cn3cnc4sc5c(c4c3=O)CCC5)cs2)cc1. The molecule has 142 valence electrons. The van der Waals surface area contributed by atoms with E-state index in [0.717, 1.165) is 45.9 Å². The Kier molecular flexibility index (Phi) is 4.49. The summed E-state index contributed by atoms with van der Waals surface area (Å²) >= 11 is 3.22. The van der Waals surface area contributed by atoms with Crippen LogP contribution in [0.2, 0.25) is 0 Å². The second-order valence-electron chi connectivity index (χ2n) is 7.05. The van der Waals surface area contributed by atoms with Crippen LogP contribution in [0.1, 0.15) is 33.1 Å². The standard InChI is InChI=1S/C21H19N3O2S2/c1-13-5-7-15(8-6-13)26-10-18-23-14(11-27-18)9-24-12-22-20-19(21(24)25)16-3-2-4-17(16)28-20/h5-8,11-12H,2-4,9-10H2,1H3. The molecule has 0 amide bonds. The normalized spacial score (nSPS) is 13.2. The maximum absolute atomic E-state index is 13.0. The lowest BCUT2D eigenvalue weighted by atomic mass is 10.2. The van der Waals surface area contributed by atoms with Gasteiger partial charge in [-0.2, -0.15) is 0 Å². The van der Waals surface area contributed by atoms with E-state index in [4.69, 9.17) is 4.74 Å². The summed E-state index contributed by atoms with van der Waals surface area (Å²) in [5.41, 5.74) is 3.34. The lowest BCUT2D eigenvalue weighted by Crippen LogP contribution is -2.21. The summed E-state index contributed by atoms with van der Waals surface area (Å²) in [5, 5.41) is 3.70. The summed E-state index contributed by atoms with van der Waals surface area (Å²) < 4.78 is 7.47. The van der Waals surface area contributed by atoms with E-state index < -0.39 is 0 Å². The van der Waals surface area contributed by atoms with Crippen LogP contribution < -0.4 is 10.3 Å². The summed E-state index contributed by atoms with van der Waals surface area (Å²) in [6, 6.07) is 7.98. The summed E-state index contributed by atoms with van der Waals surface area (Å²) in [7, 11) is 0. The molecule has 7 heteroatoms. The molecule has 5 rings (SSSR count). The molecule has 0 atom stereocenters. The first kappa shape index (κ1) is 17.6. The minimum Gasteiger partial charge on any atom is -0.486 e. The zero-order valence-electron chi connectivity index (χ0n) is 15.5. The maximum Gasteiger partial charge on any atom is 0.262 e. The summed E-state index contributed by atoms with van der Waals surface area (Å²) in [5.74, 6) is 0.833. The van der Waals surface area contributed by atoms with Crippen LogP contribution in [-0.4, -0.2) is 14.5 Å². The Morgan fingerprint density at radius 3 is 2.93 bits per heavy atom. The Morgan fingerprint density at radius 1 is 1.21 bits per heavy atom. The van der Waals surface area contributed by atoms with Gasteiger partial charge in [0.05, 0.1) is 24.0 Å². The van der Waals surface area contributed by atoms with Gasteiger partial charge < -0.3 is 4.74 Å². The van der Waals surface area contributed by atoms with Crippen LogP contribution in [0.5, 0.6) is 5.75 Å². The van der Waals surface area contributed by atoms with Gasteiger partial charge in [0, 0.05) is 10.3 Å². The van der Waals surface area contributed by atoms with Crippen molar-refractivity contribution in [3.63, 3.8) is 0 Å². The Morgan fingerprint density at radius 2 is 2.07 bits per heavy atom. The lowest BCUT2D eigenvalue weighted by molar-refractivity contribution is 0.305. The van der Waals surface area contributed by atoms with Crippen molar-refractivity contribution >= 4 is 32.9 Å². The molecule has 0 spiro atoms. The van der Waals surface area contributed by atoms with Crippen molar-refractivity contribution in [3.05, 3.63) is 73.0 Å². The molecular formula is C21H19N3O2S2. The fourth-order valence-electron chi connectivity index (χ4n) is 3.57. The smallest absolute Gasteiger partial charge is 0.262 e. The highest BCUT2D eigenvalue weighted by molar-refractivity contribution is 7.18. The van der Waals surface area contributed by atoms with Crippen molar-refractivity contribution in [3.8, 4) is 5.75 Å². The molecule has 0 N–H and O–H groups in total. The van der Waals surface area contributed by atoms with E-state index in [9.17, 15) is 4.79 Å². The van der Waals surface area contributed by atoms with Crippen LogP contribution >= 0.6 is 22.7 Å². The number of aromatic nitrogens is 3. The van der Waals surface area contributed by atoms with E-state index in [-0.39, 0.29) is 5.56 Å². The molecule has 4 aromatic rings. The second-order valence-corrected chi connectivity index (χ2v) is 9.08. The highest BCUT2D eigenvalue weighted by Crippen LogP contribution is 2.34. The second kappa shape index (κ2) is 7.14. The van der Waals surface area contributed by atoms with Crippen molar-refractivity contribution in [2.45, 2.75) is 39.3 Å². The fourth-order valence-corrected chi connectivity index (χ4v) is 5.49. The van der Waals surface area contributed by atoms with Crippen molar-refractivity contribution in [1.82, 2.24) is 14.5 Å². The number of hydrogen-bond donors (Lipinski definition) is 0. The summed E-state index contributed by atoms with van der Waals surface area (Å²) in [6.45, 7) is 2.92. The Labute approximate surface area is 170 Å². The Hall–Kier alpha value is -2.51. The largest absolute Gasteiger partial charge is 0.486 e. The van der Waals surface area contributed by atoms with Gasteiger partial charge in [0.2, 0.25) is 0 Å². The number of thiophene rings is 1. The third-order valence-corrected chi connectivity index (χ3v) is 7.08. The number of hydrogen-bond acceptors (Lipinski definition) is 6. The molecule has 0 fully saturated rings. The number of fused-ring (bicyclic) bond motifs is 3. The predicted octanol–water partition coefficient (Wildman–Crippen LogP) is 4.34. The lowest BCUT2D eigenvalue weighted by Gasteiger charge is -2.05. The first-order valence-corrected chi connectivity index (χ1v) is 11.0. The maximum atomic E-state index is 13.0. The predicted molar refractivity (Wildman–Crippen MR) is 113 cm³/mol. The van der Waals surface area contributed by atoms with Crippen LogP contribution in [-0.2, 0) is 26.0 Å². The molecule has 28 heavy (non-hydrogen) atoms. The molecule has 0 bridgehead atoms. The zero-order valence-corrected chi connectivity index (χ0v) is 17.1. The quantitative estimate of drug-likeness (QED) is 0.492. The monoisotopic (exact) mass is 409 g/mol. The highest BCUT2D eigenvalue weighted by atomic mass is 32.1. The molecular weight excluding hydrogens is 390 g/mol. The van der Waals surface area contributed by atoms with Crippen molar-refractivity contribution in [2.75, 3.05) is 0 Å². The Balaban J connectivity index is 1.33. The van der Waals surface area contributed by atoms with Gasteiger partial charge in [-0.1, -0.05) is 17.7 Å². The Bertz CT molecular complexity index is 1200. The molecule has 0 aliphatic heterocycles. The number of benzene rings is 1. The first-order valence-electron chi connectivity index (χ1n) is 9.30. The van der Waals surface area contributed by atoms with E-state index >= 15 is 0 Å². The average Bonchev–Trinajstić information content (AvgIpc) is 3.39. The van der Waals surface area contributed by atoms with Gasteiger partial charge in [-0.15, -0.1) is 22.7 Å². The molecule has 0 radical (unpaired) electrons. The van der Waals surface area contributed by atoms with Gasteiger partial charge >= 0.3 is 0 Å². The topological polar surface area (TPSA) is 57.0 Å². The van der Waals surface area contributed by atoms with E-state index in [1.165, 1.54) is 16.0 Å². The van der Waals surface area contributed by atoms with Crippen LogP contribution in [0.15, 0.2) is 40.8 Å². The highest BCUT2D eigenvalue weighted by Gasteiger charge is 2.21. The van der Waals surface area contributed by atoms with E-state index in [0.29, 0.717) is 13.2 Å². The van der Waals surface area contributed by atoms with Gasteiger partial charge in [-0.05, 0) is 43.9 Å². The minimum absolute atomic E-state index is 0.0508. The van der Waals surface area contributed by atoms with Crippen molar-refractivity contribution in [2.24, 2.45) is 0 Å². The molecule has 1 aliphatic rings. The molecule has 0 saturated carbocycles. The van der Waals surface area contributed by atoms with Gasteiger partial charge in [-0.3, -0.25) is 9.36 Å². The third-order valence-electron chi connectivity index (χ3n) is 5.01. The minimum atomic E-state index is 0.0508. The van der Waals surface area contributed by atoms with Crippen LogP contribution in [0.3, 0.4) is 0 Å². The molecule has 0 saturated heterocycles. The van der Waals surface area contributed by atoms with E-state index in [1.54, 1.807) is 33.6 Å². The molecule has 1 aliphatic carbocycles. The number of aryl methyl sites for hydroxylation is 3. The van der Waals surface area contributed by atoms with Gasteiger partial charge in [0.15, 0.2) is 0 Å². The van der Waals surface area contributed by atoms with Crippen LogP contribution in [0, 0.1) is 6.92 Å². The molecule has 5 nitrogen and oxygen atoms in total. The molecule has 1 aromatic carbocycles. The zero-order chi connectivity index (χ0) is 19.1. The van der Waals surface area contributed by atoms with Crippen LogP contribution in [0.4, 0.5) is 0 Å². The van der Waals surface area contributed by atoms with Crippen molar-refractivity contribution < 1.29 is 4.74 Å². The number of ether oxygens (including phenoxy) is 1. The molecule has 3 heterocycles. The number of rotatable bonds is 5. The first-order chi connectivity index (χ1) is 13.7. The molecule has 0 unspecified atom stereocenters. The van der Waals surface area contributed by atoms with E-state index in [2.05, 4.69) is 16.9 Å². The van der Waals surface area contributed by atoms with Gasteiger partial charge in [0.25, 0.3) is 5.56 Å². The number of nitrogens with zero attached hydrogens (tertiary/aromatic N) is 3. The van der Waals surface area contributed by atoms with Crippen LogP contribution in [0.25, 0.3) is 10.2 Å². The fraction of sp³-hybridized carbons (Fsp3) is 0.286. The van der Waals surface area contributed by atoms with Gasteiger partial charge in [-0.25, -0.2) is 9.97 Å². The van der Waals surface area contributed by atoms with Gasteiger partial charge in [0.1, 0.15) is 22.2 Å². The number of thiazole rings is 1. The molecule has 3 aromatic heterocycles. The third kappa shape index (κ3) is 3.25. The average molecular weight is 410 g/mol. The van der Waals surface area contributed by atoms with Crippen molar-refractivity contribution in [1.29, 1.82) is 0 Å². The summed E-state index contributed by atoms with van der Waals surface area (Å²) in [4.78, 5) is 24.3.